The number of hydrogen-bond acceptors (Lipinski definition) is 3. The summed E-state index contributed by atoms with van der Waals surface area (Å²) in [5, 5.41) is 13.2. The first-order valence-electron chi connectivity index (χ1n) is 5.97. The molecule has 0 amide bonds. The van der Waals surface area contributed by atoms with E-state index in [1.54, 1.807) is 13.2 Å². The van der Waals surface area contributed by atoms with Gasteiger partial charge in [0, 0.05) is 12.1 Å². The number of nitrogens with one attached hydrogen (secondary N) is 1. The SMILES string of the molecule is COc1ccc(C2NCc3c(O)cccc32)cc1. The fourth-order valence-corrected chi connectivity index (χ4v) is 2.46. The van der Waals surface area contributed by atoms with E-state index in [0.29, 0.717) is 12.3 Å². The van der Waals surface area contributed by atoms with Gasteiger partial charge < -0.3 is 15.2 Å². The zero-order valence-corrected chi connectivity index (χ0v) is 10.2. The van der Waals surface area contributed by atoms with Crippen molar-refractivity contribution in [2.24, 2.45) is 0 Å². The highest BCUT2D eigenvalue weighted by Crippen LogP contribution is 2.35. The first-order chi connectivity index (χ1) is 8.79. The Balaban J connectivity index is 1.98. The van der Waals surface area contributed by atoms with Crippen molar-refractivity contribution in [2.45, 2.75) is 12.6 Å². The predicted molar refractivity (Wildman–Crippen MR) is 69.8 cm³/mol. The number of rotatable bonds is 2. The number of phenolic OH excluding ortho intramolecular Hbond substituents is 1. The normalized spacial score (nSPS) is 17.5. The molecule has 0 fully saturated rings. The molecule has 2 N–H and O–H groups in total. The number of ether oxygens (including phenoxy) is 1. The van der Waals surface area contributed by atoms with Gasteiger partial charge in [-0.15, -0.1) is 0 Å². The van der Waals surface area contributed by atoms with Crippen LogP contribution in [0.5, 0.6) is 11.5 Å². The molecule has 18 heavy (non-hydrogen) atoms. The number of phenols is 1. The van der Waals surface area contributed by atoms with Crippen LogP contribution in [0.3, 0.4) is 0 Å². The Morgan fingerprint density at radius 2 is 1.94 bits per heavy atom. The maximum absolute atomic E-state index is 9.82. The zero-order chi connectivity index (χ0) is 12.5. The molecule has 3 rings (SSSR count). The second-order valence-corrected chi connectivity index (χ2v) is 4.43. The summed E-state index contributed by atoms with van der Waals surface area (Å²) in [5.41, 5.74) is 3.33. The maximum atomic E-state index is 9.82. The summed E-state index contributed by atoms with van der Waals surface area (Å²) >= 11 is 0. The van der Waals surface area contributed by atoms with Crippen LogP contribution >= 0.6 is 0 Å². The molecule has 3 nitrogen and oxygen atoms in total. The number of hydrogen-bond donors (Lipinski definition) is 2. The van der Waals surface area contributed by atoms with Gasteiger partial charge in [-0.05, 0) is 29.3 Å². The monoisotopic (exact) mass is 241 g/mol. The zero-order valence-electron chi connectivity index (χ0n) is 10.2. The Morgan fingerprint density at radius 1 is 1.17 bits per heavy atom. The Bertz CT molecular complexity index is 563. The van der Waals surface area contributed by atoms with Crippen LogP contribution in [-0.4, -0.2) is 12.2 Å². The summed E-state index contributed by atoms with van der Waals surface area (Å²) in [4.78, 5) is 0. The number of benzene rings is 2. The second-order valence-electron chi connectivity index (χ2n) is 4.43. The van der Waals surface area contributed by atoms with Gasteiger partial charge >= 0.3 is 0 Å². The van der Waals surface area contributed by atoms with Crippen molar-refractivity contribution in [3.63, 3.8) is 0 Å². The van der Waals surface area contributed by atoms with E-state index in [-0.39, 0.29) is 6.04 Å². The van der Waals surface area contributed by atoms with E-state index in [0.717, 1.165) is 16.9 Å². The molecule has 2 aromatic carbocycles. The topological polar surface area (TPSA) is 41.5 Å². The second kappa shape index (κ2) is 4.35. The first-order valence-corrected chi connectivity index (χ1v) is 5.97. The largest absolute Gasteiger partial charge is 0.508 e. The van der Waals surface area contributed by atoms with Crippen molar-refractivity contribution >= 4 is 0 Å². The minimum absolute atomic E-state index is 0.151. The van der Waals surface area contributed by atoms with Crippen molar-refractivity contribution in [1.29, 1.82) is 0 Å². The number of aromatic hydroxyl groups is 1. The average Bonchev–Trinajstić information content (AvgIpc) is 2.84. The molecule has 1 unspecified atom stereocenters. The summed E-state index contributed by atoms with van der Waals surface area (Å²) in [7, 11) is 1.66. The van der Waals surface area contributed by atoms with E-state index in [1.807, 2.05) is 18.2 Å². The molecule has 3 heteroatoms. The Labute approximate surface area is 106 Å². The van der Waals surface area contributed by atoms with Gasteiger partial charge in [-0.25, -0.2) is 0 Å². The molecule has 0 radical (unpaired) electrons. The number of fused-ring (bicyclic) bond motifs is 1. The molecule has 1 heterocycles. The van der Waals surface area contributed by atoms with E-state index >= 15 is 0 Å². The molecule has 0 saturated heterocycles. The number of methoxy groups -OCH3 is 1. The molecule has 0 bridgehead atoms. The highest BCUT2D eigenvalue weighted by molar-refractivity contribution is 5.48. The summed E-state index contributed by atoms with van der Waals surface area (Å²) in [6, 6.07) is 13.8. The van der Waals surface area contributed by atoms with Crippen molar-refractivity contribution in [3.8, 4) is 11.5 Å². The summed E-state index contributed by atoms with van der Waals surface area (Å²) < 4.78 is 5.16. The first kappa shape index (κ1) is 11.1. The van der Waals surface area contributed by atoms with E-state index in [4.69, 9.17) is 4.74 Å². The molecular weight excluding hydrogens is 226 g/mol. The van der Waals surface area contributed by atoms with Crippen LogP contribution < -0.4 is 10.1 Å². The Hall–Kier alpha value is -2.00. The highest BCUT2D eigenvalue weighted by Gasteiger charge is 2.25. The lowest BCUT2D eigenvalue weighted by molar-refractivity contribution is 0.414. The van der Waals surface area contributed by atoms with Crippen LogP contribution in [-0.2, 0) is 6.54 Å². The quantitative estimate of drug-likeness (QED) is 0.849. The lowest BCUT2D eigenvalue weighted by atomic mass is 9.98. The minimum atomic E-state index is 0.151. The molecule has 0 aromatic heterocycles. The molecule has 0 spiro atoms. The van der Waals surface area contributed by atoms with Crippen LogP contribution in [0.1, 0.15) is 22.7 Å². The van der Waals surface area contributed by atoms with E-state index in [1.165, 1.54) is 5.56 Å². The molecular formula is C15H15NO2. The van der Waals surface area contributed by atoms with Gasteiger partial charge in [0.2, 0.25) is 0 Å². The summed E-state index contributed by atoms with van der Waals surface area (Å²) in [5.74, 6) is 1.23. The Kier molecular flexibility index (Phi) is 2.68. The van der Waals surface area contributed by atoms with E-state index in [9.17, 15) is 5.11 Å². The third-order valence-electron chi connectivity index (χ3n) is 3.43. The predicted octanol–water partition coefficient (Wildman–Crippen LogP) is 2.59. The maximum Gasteiger partial charge on any atom is 0.120 e. The third kappa shape index (κ3) is 1.73. The highest BCUT2D eigenvalue weighted by atomic mass is 16.5. The molecule has 0 saturated carbocycles. The van der Waals surface area contributed by atoms with Crippen molar-refractivity contribution in [1.82, 2.24) is 5.32 Å². The standard InChI is InChI=1S/C15H15NO2/c1-18-11-7-5-10(6-8-11)15-12-3-2-4-14(17)13(12)9-16-15/h2-8,15-17H,9H2,1H3. The van der Waals surface area contributed by atoms with E-state index < -0.39 is 0 Å². The lowest BCUT2D eigenvalue weighted by Crippen LogP contribution is -2.13. The van der Waals surface area contributed by atoms with Crippen LogP contribution in [0.2, 0.25) is 0 Å². The lowest BCUT2D eigenvalue weighted by Gasteiger charge is -2.13. The van der Waals surface area contributed by atoms with Crippen molar-refractivity contribution < 1.29 is 9.84 Å². The molecule has 1 aliphatic heterocycles. The van der Waals surface area contributed by atoms with Crippen LogP contribution in [0.15, 0.2) is 42.5 Å². The molecule has 1 atom stereocenters. The van der Waals surface area contributed by atoms with Crippen LogP contribution in [0.25, 0.3) is 0 Å². The van der Waals surface area contributed by atoms with Gasteiger partial charge in [-0.1, -0.05) is 24.3 Å². The van der Waals surface area contributed by atoms with Gasteiger partial charge in [0.1, 0.15) is 11.5 Å². The van der Waals surface area contributed by atoms with Crippen molar-refractivity contribution in [3.05, 3.63) is 59.2 Å². The third-order valence-corrected chi connectivity index (χ3v) is 3.43. The van der Waals surface area contributed by atoms with Crippen LogP contribution in [0.4, 0.5) is 0 Å². The fraction of sp³-hybridized carbons (Fsp3) is 0.200. The van der Waals surface area contributed by atoms with Gasteiger partial charge in [-0.2, -0.15) is 0 Å². The van der Waals surface area contributed by atoms with Crippen molar-refractivity contribution in [2.75, 3.05) is 7.11 Å². The Morgan fingerprint density at radius 3 is 2.67 bits per heavy atom. The average molecular weight is 241 g/mol. The van der Waals surface area contributed by atoms with Crippen LogP contribution in [0, 0.1) is 0 Å². The van der Waals surface area contributed by atoms with Gasteiger partial charge in [0.05, 0.1) is 13.2 Å². The smallest absolute Gasteiger partial charge is 0.120 e. The fourth-order valence-electron chi connectivity index (χ4n) is 2.46. The van der Waals surface area contributed by atoms with Gasteiger partial charge in [0.15, 0.2) is 0 Å². The summed E-state index contributed by atoms with van der Waals surface area (Å²) in [6.45, 7) is 0.707. The van der Waals surface area contributed by atoms with E-state index in [2.05, 4.69) is 23.5 Å². The van der Waals surface area contributed by atoms with Gasteiger partial charge in [0.25, 0.3) is 0 Å². The summed E-state index contributed by atoms with van der Waals surface area (Å²) in [6.07, 6.45) is 0. The minimum Gasteiger partial charge on any atom is -0.508 e. The molecule has 1 aliphatic rings. The molecule has 2 aromatic rings. The van der Waals surface area contributed by atoms with Gasteiger partial charge in [-0.3, -0.25) is 0 Å². The molecule has 0 aliphatic carbocycles. The molecule has 92 valence electrons.